The molecule has 1 heterocycles. The SMILES string of the molecule is Cc1ccc(/C=C/C(=O)N(C)Cc2cccc(C(F)(F)F)c2)o1. The summed E-state index contributed by atoms with van der Waals surface area (Å²) in [4.78, 5) is 13.3. The molecule has 0 atom stereocenters. The number of aryl methyl sites for hydroxylation is 1. The molecule has 2 rings (SSSR count). The van der Waals surface area contributed by atoms with Gasteiger partial charge in [-0.05, 0) is 42.8 Å². The second-order valence-corrected chi connectivity index (χ2v) is 5.17. The molecule has 0 aliphatic rings. The van der Waals surface area contributed by atoms with E-state index in [1.807, 2.05) is 0 Å². The molecule has 0 saturated carbocycles. The van der Waals surface area contributed by atoms with Crippen molar-refractivity contribution < 1.29 is 22.4 Å². The largest absolute Gasteiger partial charge is 0.462 e. The maximum absolute atomic E-state index is 12.7. The van der Waals surface area contributed by atoms with Gasteiger partial charge < -0.3 is 9.32 Å². The molecule has 0 aliphatic heterocycles. The fraction of sp³-hybridized carbons (Fsp3) is 0.235. The number of amides is 1. The van der Waals surface area contributed by atoms with Crippen LogP contribution in [0.4, 0.5) is 13.2 Å². The van der Waals surface area contributed by atoms with E-state index in [0.29, 0.717) is 11.3 Å². The van der Waals surface area contributed by atoms with Gasteiger partial charge in [-0.2, -0.15) is 13.2 Å². The number of halogens is 3. The van der Waals surface area contributed by atoms with E-state index in [1.165, 1.54) is 30.2 Å². The van der Waals surface area contributed by atoms with Gasteiger partial charge in [-0.3, -0.25) is 4.79 Å². The Bertz CT molecular complexity index is 717. The molecular formula is C17H16F3NO2. The van der Waals surface area contributed by atoms with Crippen LogP contribution in [0.1, 0.15) is 22.6 Å². The van der Waals surface area contributed by atoms with Crippen molar-refractivity contribution >= 4 is 12.0 Å². The molecule has 0 unspecified atom stereocenters. The van der Waals surface area contributed by atoms with Crippen LogP contribution < -0.4 is 0 Å². The smallest absolute Gasteiger partial charge is 0.416 e. The molecule has 1 aromatic heterocycles. The lowest BCUT2D eigenvalue weighted by atomic mass is 10.1. The van der Waals surface area contributed by atoms with E-state index < -0.39 is 11.7 Å². The van der Waals surface area contributed by atoms with Gasteiger partial charge in [0.05, 0.1) is 5.56 Å². The highest BCUT2D eigenvalue weighted by Crippen LogP contribution is 2.29. The minimum atomic E-state index is -4.39. The summed E-state index contributed by atoms with van der Waals surface area (Å²) in [7, 11) is 1.53. The van der Waals surface area contributed by atoms with Crippen LogP contribution in [0.3, 0.4) is 0 Å². The van der Waals surface area contributed by atoms with Gasteiger partial charge in [0.1, 0.15) is 11.5 Å². The fourth-order valence-electron chi connectivity index (χ4n) is 2.02. The van der Waals surface area contributed by atoms with Gasteiger partial charge in [0.15, 0.2) is 0 Å². The maximum atomic E-state index is 12.7. The monoisotopic (exact) mass is 323 g/mol. The molecule has 23 heavy (non-hydrogen) atoms. The topological polar surface area (TPSA) is 33.5 Å². The van der Waals surface area contributed by atoms with Gasteiger partial charge in [-0.15, -0.1) is 0 Å². The van der Waals surface area contributed by atoms with Crippen LogP contribution in [0.25, 0.3) is 6.08 Å². The van der Waals surface area contributed by atoms with Crippen molar-refractivity contribution in [1.82, 2.24) is 4.90 Å². The Morgan fingerprint density at radius 1 is 1.26 bits per heavy atom. The Labute approximate surface area is 132 Å². The predicted octanol–water partition coefficient (Wildman–Crippen LogP) is 4.28. The zero-order valence-corrected chi connectivity index (χ0v) is 12.7. The third kappa shape index (κ3) is 4.74. The van der Waals surface area contributed by atoms with Gasteiger partial charge in [0.25, 0.3) is 0 Å². The van der Waals surface area contributed by atoms with Crippen LogP contribution in [-0.2, 0) is 17.5 Å². The van der Waals surface area contributed by atoms with Gasteiger partial charge in [0, 0.05) is 19.7 Å². The molecule has 0 bridgehead atoms. The molecule has 0 saturated heterocycles. The molecule has 0 fully saturated rings. The minimum Gasteiger partial charge on any atom is -0.462 e. The summed E-state index contributed by atoms with van der Waals surface area (Å²) >= 11 is 0. The lowest BCUT2D eigenvalue weighted by Crippen LogP contribution is -2.24. The van der Waals surface area contributed by atoms with Crippen molar-refractivity contribution in [2.24, 2.45) is 0 Å². The number of carbonyl (C=O) groups is 1. The molecule has 0 N–H and O–H groups in total. The Morgan fingerprint density at radius 2 is 2.00 bits per heavy atom. The summed E-state index contributed by atoms with van der Waals surface area (Å²) in [6.07, 6.45) is -1.54. The Balaban J connectivity index is 2.02. The van der Waals surface area contributed by atoms with Crippen molar-refractivity contribution in [1.29, 1.82) is 0 Å². The first-order valence-electron chi connectivity index (χ1n) is 6.91. The third-order valence-corrected chi connectivity index (χ3v) is 3.20. The van der Waals surface area contributed by atoms with E-state index in [-0.39, 0.29) is 12.5 Å². The number of nitrogens with zero attached hydrogens (tertiary/aromatic N) is 1. The first-order valence-corrected chi connectivity index (χ1v) is 6.91. The summed E-state index contributed by atoms with van der Waals surface area (Å²) in [6, 6.07) is 8.44. The zero-order valence-electron chi connectivity index (χ0n) is 12.7. The van der Waals surface area contributed by atoms with Crippen LogP contribution >= 0.6 is 0 Å². The molecule has 6 heteroatoms. The summed E-state index contributed by atoms with van der Waals surface area (Å²) in [5, 5.41) is 0. The quantitative estimate of drug-likeness (QED) is 0.787. The summed E-state index contributed by atoms with van der Waals surface area (Å²) in [5.74, 6) is 0.953. The van der Waals surface area contributed by atoms with Crippen LogP contribution in [-0.4, -0.2) is 17.9 Å². The molecule has 3 nitrogen and oxygen atoms in total. The van der Waals surface area contributed by atoms with Crippen LogP contribution in [0.15, 0.2) is 46.9 Å². The second-order valence-electron chi connectivity index (χ2n) is 5.17. The number of furan rings is 1. The van der Waals surface area contributed by atoms with Crippen molar-refractivity contribution in [3.63, 3.8) is 0 Å². The maximum Gasteiger partial charge on any atom is 0.416 e. The first-order chi connectivity index (χ1) is 10.8. The van der Waals surface area contributed by atoms with Gasteiger partial charge >= 0.3 is 6.18 Å². The number of carbonyl (C=O) groups excluding carboxylic acids is 1. The van der Waals surface area contributed by atoms with E-state index in [4.69, 9.17) is 4.42 Å². The molecule has 1 amide bonds. The summed E-state index contributed by atoms with van der Waals surface area (Å²) in [5.41, 5.74) is -0.310. The Morgan fingerprint density at radius 3 is 2.61 bits per heavy atom. The highest BCUT2D eigenvalue weighted by molar-refractivity contribution is 5.91. The fourth-order valence-corrected chi connectivity index (χ4v) is 2.02. The summed E-state index contributed by atoms with van der Waals surface area (Å²) < 4.78 is 43.3. The van der Waals surface area contributed by atoms with Gasteiger partial charge in [-0.1, -0.05) is 12.1 Å². The second kappa shape index (κ2) is 6.73. The molecule has 0 radical (unpaired) electrons. The van der Waals surface area contributed by atoms with Crippen molar-refractivity contribution in [3.8, 4) is 0 Å². The van der Waals surface area contributed by atoms with E-state index in [9.17, 15) is 18.0 Å². The van der Waals surface area contributed by atoms with Crippen LogP contribution in [0.2, 0.25) is 0 Å². The molecule has 0 spiro atoms. The van der Waals surface area contributed by atoms with Crippen molar-refractivity contribution in [3.05, 3.63) is 65.1 Å². The number of hydrogen-bond acceptors (Lipinski definition) is 2. The average molecular weight is 323 g/mol. The van der Waals surface area contributed by atoms with Crippen molar-refractivity contribution in [2.45, 2.75) is 19.6 Å². The Kier molecular flexibility index (Phi) is 4.93. The average Bonchev–Trinajstić information content (AvgIpc) is 2.89. The van der Waals surface area contributed by atoms with E-state index >= 15 is 0 Å². The van der Waals surface area contributed by atoms with E-state index in [1.54, 1.807) is 25.1 Å². The molecular weight excluding hydrogens is 307 g/mol. The standard InChI is InChI=1S/C17H16F3NO2/c1-12-6-7-15(23-12)8-9-16(22)21(2)11-13-4-3-5-14(10-13)17(18,19)20/h3-10H,11H2,1-2H3/b9-8+. The minimum absolute atomic E-state index is 0.0876. The third-order valence-electron chi connectivity index (χ3n) is 3.20. The Hall–Kier alpha value is -2.50. The number of likely N-dealkylation sites (N-methyl/N-ethyl adjacent to an activating group) is 1. The number of rotatable bonds is 4. The lowest BCUT2D eigenvalue weighted by molar-refractivity contribution is -0.137. The van der Waals surface area contributed by atoms with E-state index in [0.717, 1.165) is 17.9 Å². The highest BCUT2D eigenvalue weighted by atomic mass is 19.4. The molecule has 122 valence electrons. The predicted molar refractivity (Wildman–Crippen MR) is 80.4 cm³/mol. The molecule has 2 aromatic rings. The van der Waals surface area contributed by atoms with Crippen LogP contribution in [0.5, 0.6) is 0 Å². The summed E-state index contributed by atoms with van der Waals surface area (Å²) in [6.45, 7) is 1.88. The highest BCUT2D eigenvalue weighted by Gasteiger charge is 2.30. The lowest BCUT2D eigenvalue weighted by Gasteiger charge is -2.16. The molecule has 0 aliphatic carbocycles. The zero-order chi connectivity index (χ0) is 17.0. The van der Waals surface area contributed by atoms with Crippen LogP contribution in [0, 0.1) is 6.92 Å². The van der Waals surface area contributed by atoms with Crippen molar-refractivity contribution in [2.75, 3.05) is 7.05 Å². The molecule has 1 aromatic carbocycles. The number of benzene rings is 1. The number of alkyl halides is 3. The normalized spacial score (nSPS) is 11.9. The van der Waals surface area contributed by atoms with Gasteiger partial charge in [-0.25, -0.2) is 0 Å². The first kappa shape index (κ1) is 16.9. The van der Waals surface area contributed by atoms with E-state index in [2.05, 4.69) is 0 Å². The number of hydrogen-bond donors (Lipinski definition) is 0. The van der Waals surface area contributed by atoms with Gasteiger partial charge in [0.2, 0.25) is 5.91 Å².